The molecule has 0 radical (unpaired) electrons. The van der Waals surface area contributed by atoms with Crippen LogP contribution in [0.3, 0.4) is 0 Å². The van der Waals surface area contributed by atoms with Crippen molar-refractivity contribution in [2.24, 2.45) is 0 Å². The Morgan fingerprint density at radius 3 is 2.06 bits per heavy atom. The summed E-state index contributed by atoms with van der Waals surface area (Å²) in [7, 11) is 0. The summed E-state index contributed by atoms with van der Waals surface area (Å²) in [6.07, 6.45) is -0.943. The van der Waals surface area contributed by atoms with Crippen LogP contribution in [0.1, 0.15) is 17.2 Å². The molecule has 17 heavy (non-hydrogen) atoms. The molecule has 2 aromatic carbocycles. The molecule has 88 valence electrons. The van der Waals surface area contributed by atoms with Crippen molar-refractivity contribution in [3.05, 3.63) is 68.8 Å². The molecule has 0 saturated carbocycles. The summed E-state index contributed by atoms with van der Waals surface area (Å²) in [5.41, 5.74) is 0.988. The molecule has 0 aliphatic heterocycles. The molecule has 0 bridgehead atoms. The average Bonchev–Trinajstić information content (AvgIpc) is 2.33. The lowest BCUT2D eigenvalue weighted by Gasteiger charge is -2.11. The van der Waals surface area contributed by atoms with Crippen LogP contribution in [0, 0.1) is 15.2 Å². The van der Waals surface area contributed by atoms with Gasteiger partial charge in [0.1, 0.15) is 6.10 Å². The first kappa shape index (κ1) is 12.4. The molecule has 0 amide bonds. The van der Waals surface area contributed by atoms with Crippen LogP contribution in [-0.4, -0.2) is 5.11 Å². The Labute approximate surface area is 111 Å². The highest BCUT2D eigenvalue weighted by molar-refractivity contribution is 14.1. The van der Waals surface area contributed by atoms with Crippen LogP contribution in [0.15, 0.2) is 42.5 Å². The van der Waals surface area contributed by atoms with Crippen LogP contribution in [0.5, 0.6) is 0 Å². The second kappa shape index (κ2) is 5.10. The number of rotatable bonds is 2. The Kier molecular flexibility index (Phi) is 3.73. The van der Waals surface area contributed by atoms with E-state index in [1.165, 1.54) is 6.07 Å². The fourth-order valence-corrected chi connectivity index (χ4v) is 1.88. The van der Waals surface area contributed by atoms with Crippen LogP contribution in [0.2, 0.25) is 0 Å². The van der Waals surface area contributed by atoms with Gasteiger partial charge in [0.15, 0.2) is 11.6 Å². The Morgan fingerprint density at radius 1 is 0.882 bits per heavy atom. The second-order valence-corrected chi connectivity index (χ2v) is 4.87. The van der Waals surface area contributed by atoms with Crippen LogP contribution in [0.4, 0.5) is 8.78 Å². The van der Waals surface area contributed by atoms with Gasteiger partial charge in [-0.2, -0.15) is 0 Å². The summed E-state index contributed by atoms with van der Waals surface area (Å²) >= 11 is 2.15. The molecular weight excluding hydrogens is 337 g/mol. The number of hydrogen-bond donors (Lipinski definition) is 1. The van der Waals surface area contributed by atoms with Gasteiger partial charge >= 0.3 is 0 Å². The lowest BCUT2D eigenvalue weighted by molar-refractivity contribution is 0.219. The fourth-order valence-electron chi connectivity index (χ4n) is 1.52. The first-order valence-corrected chi connectivity index (χ1v) is 6.04. The highest BCUT2D eigenvalue weighted by Gasteiger charge is 2.12. The van der Waals surface area contributed by atoms with Crippen molar-refractivity contribution in [2.75, 3.05) is 0 Å². The minimum absolute atomic E-state index is 0.338. The van der Waals surface area contributed by atoms with E-state index in [-0.39, 0.29) is 0 Å². The molecule has 0 aliphatic rings. The lowest BCUT2D eigenvalue weighted by Crippen LogP contribution is -2.01. The molecule has 2 rings (SSSR count). The molecule has 4 heteroatoms. The quantitative estimate of drug-likeness (QED) is 0.823. The van der Waals surface area contributed by atoms with Gasteiger partial charge in [-0.15, -0.1) is 0 Å². The molecule has 2 aromatic rings. The van der Waals surface area contributed by atoms with Crippen LogP contribution < -0.4 is 0 Å². The van der Waals surface area contributed by atoms with Gasteiger partial charge in [-0.1, -0.05) is 18.2 Å². The van der Waals surface area contributed by atoms with Crippen molar-refractivity contribution >= 4 is 22.6 Å². The van der Waals surface area contributed by atoms with E-state index in [0.29, 0.717) is 11.1 Å². The third-order valence-electron chi connectivity index (χ3n) is 2.45. The molecule has 0 aliphatic carbocycles. The maximum Gasteiger partial charge on any atom is 0.159 e. The van der Waals surface area contributed by atoms with E-state index in [2.05, 4.69) is 22.6 Å². The summed E-state index contributed by atoms with van der Waals surface area (Å²) in [5, 5.41) is 10.0. The smallest absolute Gasteiger partial charge is 0.159 e. The Hall–Kier alpha value is -1.01. The van der Waals surface area contributed by atoms with E-state index in [1.807, 2.05) is 12.1 Å². The molecule has 1 unspecified atom stereocenters. The van der Waals surface area contributed by atoms with Crippen molar-refractivity contribution in [3.8, 4) is 0 Å². The second-order valence-electron chi connectivity index (χ2n) is 3.63. The minimum atomic E-state index is -0.952. The number of halogens is 3. The zero-order chi connectivity index (χ0) is 12.4. The van der Waals surface area contributed by atoms with Crippen molar-refractivity contribution in [3.63, 3.8) is 0 Å². The van der Waals surface area contributed by atoms with E-state index in [0.717, 1.165) is 15.7 Å². The summed E-state index contributed by atoms with van der Waals surface area (Å²) in [5.74, 6) is -1.87. The van der Waals surface area contributed by atoms with Gasteiger partial charge in [0.25, 0.3) is 0 Å². The van der Waals surface area contributed by atoms with E-state index in [1.54, 1.807) is 12.1 Å². The van der Waals surface area contributed by atoms with Gasteiger partial charge in [0.05, 0.1) is 0 Å². The molecule has 0 aromatic heterocycles. The van der Waals surface area contributed by atoms with E-state index >= 15 is 0 Å². The van der Waals surface area contributed by atoms with Crippen LogP contribution in [-0.2, 0) is 0 Å². The Morgan fingerprint density at radius 2 is 1.47 bits per heavy atom. The Bertz CT molecular complexity index is 525. The number of aliphatic hydroxyl groups excluding tert-OH is 1. The average molecular weight is 346 g/mol. The number of aliphatic hydroxyl groups is 1. The minimum Gasteiger partial charge on any atom is -0.384 e. The monoisotopic (exact) mass is 346 g/mol. The van der Waals surface area contributed by atoms with Crippen molar-refractivity contribution in [1.29, 1.82) is 0 Å². The summed E-state index contributed by atoms with van der Waals surface area (Å²) < 4.78 is 26.8. The van der Waals surface area contributed by atoms with Gasteiger partial charge in [-0.3, -0.25) is 0 Å². The van der Waals surface area contributed by atoms with Crippen molar-refractivity contribution in [2.45, 2.75) is 6.10 Å². The van der Waals surface area contributed by atoms with E-state index in [4.69, 9.17) is 0 Å². The topological polar surface area (TPSA) is 20.2 Å². The normalized spacial score (nSPS) is 12.5. The van der Waals surface area contributed by atoms with Gasteiger partial charge in [0.2, 0.25) is 0 Å². The SMILES string of the molecule is OC(c1ccc(I)cc1)c1ccc(F)c(F)c1. The highest BCUT2D eigenvalue weighted by Crippen LogP contribution is 2.23. The largest absolute Gasteiger partial charge is 0.384 e. The molecule has 0 heterocycles. The zero-order valence-corrected chi connectivity index (χ0v) is 10.9. The summed E-state index contributed by atoms with van der Waals surface area (Å²) in [6.45, 7) is 0. The first-order valence-electron chi connectivity index (χ1n) is 4.96. The van der Waals surface area contributed by atoms with Crippen LogP contribution in [0.25, 0.3) is 0 Å². The molecule has 0 fully saturated rings. The number of benzene rings is 2. The fraction of sp³-hybridized carbons (Fsp3) is 0.0769. The van der Waals surface area contributed by atoms with E-state index < -0.39 is 17.7 Å². The van der Waals surface area contributed by atoms with Gasteiger partial charge in [0, 0.05) is 3.57 Å². The first-order chi connectivity index (χ1) is 8.08. The van der Waals surface area contributed by atoms with Gasteiger partial charge in [-0.05, 0) is 58.0 Å². The number of hydrogen-bond acceptors (Lipinski definition) is 1. The van der Waals surface area contributed by atoms with Crippen molar-refractivity contribution in [1.82, 2.24) is 0 Å². The van der Waals surface area contributed by atoms with Crippen LogP contribution >= 0.6 is 22.6 Å². The summed E-state index contributed by atoms with van der Waals surface area (Å²) in [6, 6.07) is 10.6. The highest BCUT2D eigenvalue weighted by atomic mass is 127. The Balaban J connectivity index is 2.33. The lowest BCUT2D eigenvalue weighted by atomic mass is 10.0. The molecular formula is C13H9F2IO. The third kappa shape index (κ3) is 2.81. The molecule has 1 N–H and O–H groups in total. The van der Waals surface area contributed by atoms with Crippen molar-refractivity contribution < 1.29 is 13.9 Å². The van der Waals surface area contributed by atoms with Gasteiger partial charge in [-0.25, -0.2) is 8.78 Å². The predicted molar refractivity (Wildman–Crippen MR) is 69.6 cm³/mol. The molecule has 0 saturated heterocycles. The van der Waals surface area contributed by atoms with E-state index in [9.17, 15) is 13.9 Å². The third-order valence-corrected chi connectivity index (χ3v) is 3.16. The summed E-state index contributed by atoms with van der Waals surface area (Å²) in [4.78, 5) is 0. The maximum absolute atomic E-state index is 13.0. The molecule has 1 nitrogen and oxygen atoms in total. The molecule has 1 atom stereocenters. The molecule has 0 spiro atoms. The predicted octanol–water partition coefficient (Wildman–Crippen LogP) is 3.65. The van der Waals surface area contributed by atoms with Gasteiger partial charge < -0.3 is 5.11 Å². The maximum atomic E-state index is 13.0. The standard InChI is InChI=1S/C13H9F2IO/c14-11-6-3-9(7-12(11)15)13(17)8-1-4-10(16)5-2-8/h1-7,13,17H. The zero-order valence-electron chi connectivity index (χ0n) is 8.70.